The van der Waals surface area contributed by atoms with Crippen molar-refractivity contribution in [1.29, 1.82) is 0 Å². The van der Waals surface area contributed by atoms with E-state index in [1.165, 1.54) is 25.7 Å². The van der Waals surface area contributed by atoms with Crippen LogP contribution in [0.1, 0.15) is 46.0 Å². The number of methoxy groups -OCH3 is 1. The highest BCUT2D eigenvalue weighted by atomic mass is 16.5. The maximum Gasteiger partial charge on any atom is 0.0477 e. The van der Waals surface area contributed by atoms with Crippen LogP contribution in [0.5, 0.6) is 0 Å². The van der Waals surface area contributed by atoms with E-state index < -0.39 is 0 Å². The van der Waals surface area contributed by atoms with Crippen molar-refractivity contribution in [3.05, 3.63) is 0 Å². The summed E-state index contributed by atoms with van der Waals surface area (Å²) in [6.07, 6.45) is 6.06. The second-order valence-electron chi connectivity index (χ2n) is 5.03. The van der Waals surface area contributed by atoms with E-state index in [1.54, 1.807) is 7.11 Å². The van der Waals surface area contributed by atoms with Gasteiger partial charge in [-0.25, -0.2) is 0 Å². The average Bonchev–Trinajstić information content (AvgIpc) is 2.30. The monoisotopic (exact) mass is 228 g/mol. The Kier molecular flexibility index (Phi) is 6.32. The fourth-order valence-corrected chi connectivity index (χ4v) is 2.82. The first-order valence-electron chi connectivity index (χ1n) is 6.69. The first kappa shape index (κ1) is 13.9. The molecule has 3 nitrogen and oxygen atoms in total. The van der Waals surface area contributed by atoms with Crippen LogP contribution >= 0.6 is 0 Å². The first-order valence-corrected chi connectivity index (χ1v) is 6.69. The Morgan fingerprint density at radius 3 is 2.44 bits per heavy atom. The molecule has 0 spiro atoms. The van der Waals surface area contributed by atoms with Crippen molar-refractivity contribution in [1.82, 2.24) is 4.90 Å². The molecule has 1 saturated carbocycles. The molecule has 0 aliphatic heterocycles. The van der Waals surface area contributed by atoms with Gasteiger partial charge in [-0.05, 0) is 45.6 Å². The molecule has 2 N–H and O–H groups in total. The molecule has 0 radical (unpaired) electrons. The Morgan fingerprint density at radius 2 is 1.94 bits per heavy atom. The van der Waals surface area contributed by atoms with E-state index in [9.17, 15) is 0 Å². The molecule has 0 aromatic carbocycles. The van der Waals surface area contributed by atoms with Crippen molar-refractivity contribution in [2.45, 2.75) is 64.1 Å². The minimum Gasteiger partial charge on any atom is -0.385 e. The average molecular weight is 228 g/mol. The third-order valence-corrected chi connectivity index (χ3v) is 3.88. The van der Waals surface area contributed by atoms with E-state index in [-0.39, 0.29) is 0 Å². The quantitative estimate of drug-likeness (QED) is 0.756. The molecular formula is C13H28N2O. The van der Waals surface area contributed by atoms with Crippen molar-refractivity contribution in [3.63, 3.8) is 0 Å². The van der Waals surface area contributed by atoms with Crippen LogP contribution in [0.4, 0.5) is 0 Å². The molecule has 16 heavy (non-hydrogen) atoms. The Hall–Kier alpha value is -0.120. The van der Waals surface area contributed by atoms with E-state index in [1.807, 2.05) is 0 Å². The molecule has 0 aromatic heterocycles. The van der Waals surface area contributed by atoms with Gasteiger partial charge < -0.3 is 10.5 Å². The number of rotatable bonds is 6. The van der Waals surface area contributed by atoms with Gasteiger partial charge in [-0.2, -0.15) is 0 Å². The van der Waals surface area contributed by atoms with Crippen LogP contribution in [-0.4, -0.2) is 43.3 Å². The Labute approximate surface area is 100 Å². The van der Waals surface area contributed by atoms with Gasteiger partial charge >= 0.3 is 0 Å². The number of hydrogen-bond donors (Lipinski definition) is 1. The third kappa shape index (κ3) is 4.04. The van der Waals surface area contributed by atoms with Crippen molar-refractivity contribution in [3.8, 4) is 0 Å². The van der Waals surface area contributed by atoms with Crippen molar-refractivity contribution in [2.24, 2.45) is 5.73 Å². The second kappa shape index (κ2) is 7.25. The molecule has 1 fully saturated rings. The number of hydrogen-bond acceptors (Lipinski definition) is 3. The van der Waals surface area contributed by atoms with E-state index in [2.05, 4.69) is 18.7 Å². The predicted octanol–water partition coefficient (Wildman–Crippen LogP) is 2.00. The zero-order chi connectivity index (χ0) is 12.0. The van der Waals surface area contributed by atoms with Crippen LogP contribution in [0.2, 0.25) is 0 Å². The van der Waals surface area contributed by atoms with Gasteiger partial charge in [0.25, 0.3) is 0 Å². The lowest BCUT2D eigenvalue weighted by molar-refractivity contribution is 0.0874. The minimum absolute atomic E-state index is 0.448. The fourth-order valence-electron chi connectivity index (χ4n) is 2.82. The topological polar surface area (TPSA) is 38.5 Å². The smallest absolute Gasteiger partial charge is 0.0477 e. The van der Waals surface area contributed by atoms with Crippen LogP contribution in [0, 0.1) is 0 Å². The molecule has 1 aliphatic carbocycles. The lowest BCUT2D eigenvalue weighted by Crippen LogP contribution is -2.45. The maximum absolute atomic E-state index is 5.96. The highest BCUT2D eigenvalue weighted by Gasteiger charge is 2.26. The summed E-state index contributed by atoms with van der Waals surface area (Å²) < 4.78 is 5.16. The summed E-state index contributed by atoms with van der Waals surface area (Å²) in [4.78, 5) is 2.63. The van der Waals surface area contributed by atoms with Gasteiger partial charge in [0, 0.05) is 31.8 Å². The molecule has 96 valence electrons. The number of nitrogens with zero attached hydrogens (tertiary/aromatic N) is 1. The molecule has 1 unspecified atom stereocenters. The van der Waals surface area contributed by atoms with E-state index in [0.717, 1.165) is 25.6 Å². The lowest BCUT2D eigenvalue weighted by Gasteiger charge is -2.39. The molecule has 0 amide bonds. The summed E-state index contributed by atoms with van der Waals surface area (Å²) in [6, 6.07) is 1.82. The molecule has 1 rings (SSSR count). The zero-order valence-electron chi connectivity index (χ0n) is 11.1. The van der Waals surface area contributed by atoms with Gasteiger partial charge in [-0.1, -0.05) is 6.92 Å². The zero-order valence-corrected chi connectivity index (χ0v) is 11.1. The Bertz CT molecular complexity index is 179. The van der Waals surface area contributed by atoms with Crippen LogP contribution in [0.3, 0.4) is 0 Å². The summed E-state index contributed by atoms with van der Waals surface area (Å²) in [6.45, 7) is 6.59. The molecule has 0 bridgehead atoms. The van der Waals surface area contributed by atoms with Gasteiger partial charge in [0.2, 0.25) is 0 Å². The van der Waals surface area contributed by atoms with Gasteiger partial charge in [0.15, 0.2) is 0 Å². The standard InChI is InChI=1S/C13H28N2O/c1-4-15(11(2)9-10-16-3)13-7-5-12(14)6-8-13/h11-13H,4-10,14H2,1-3H3. The summed E-state index contributed by atoms with van der Waals surface area (Å²) in [5.74, 6) is 0. The van der Waals surface area contributed by atoms with Gasteiger partial charge in [-0.3, -0.25) is 4.90 Å². The third-order valence-electron chi connectivity index (χ3n) is 3.88. The first-order chi connectivity index (χ1) is 7.69. The van der Waals surface area contributed by atoms with E-state index in [0.29, 0.717) is 12.1 Å². The van der Waals surface area contributed by atoms with Crippen LogP contribution in [0.15, 0.2) is 0 Å². The van der Waals surface area contributed by atoms with Crippen LogP contribution in [-0.2, 0) is 4.74 Å². The lowest BCUT2D eigenvalue weighted by atomic mass is 9.90. The highest BCUT2D eigenvalue weighted by Crippen LogP contribution is 2.24. The van der Waals surface area contributed by atoms with Crippen molar-refractivity contribution in [2.75, 3.05) is 20.3 Å². The maximum atomic E-state index is 5.96. The van der Waals surface area contributed by atoms with Crippen molar-refractivity contribution >= 4 is 0 Å². The fraction of sp³-hybridized carbons (Fsp3) is 1.00. The molecular weight excluding hydrogens is 200 g/mol. The summed E-state index contributed by atoms with van der Waals surface area (Å²) >= 11 is 0. The van der Waals surface area contributed by atoms with Gasteiger partial charge in [0.05, 0.1) is 0 Å². The van der Waals surface area contributed by atoms with Crippen molar-refractivity contribution < 1.29 is 4.74 Å². The van der Waals surface area contributed by atoms with Crippen LogP contribution < -0.4 is 5.73 Å². The summed E-state index contributed by atoms with van der Waals surface area (Å²) in [5, 5.41) is 0. The molecule has 1 atom stereocenters. The largest absolute Gasteiger partial charge is 0.385 e. The Morgan fingerprint density at radius 1 is 1.31 bits per heavy atom. The summed E-state index contributed by atoms with van der Waals surface area (Å²) in [7, 11) is 1.78. The Balaban J connectivity index is 2.40. The number of nitrogens with two attached hydrogens (primary N) is 1. The molecule has 0 heterocycles. The van der Waals surface area contributed by atoms with Gasteiger partial charge in [0.1, 0.15) is 0 Å². The second-order valence-corrected chi connectivity index (χ2v) is 5.03. The van der Waals surface area contributed by atoms with Crippen LogP contribution in [0.25, 0.3) is 0 Å². The van der Waals surface area contributed by atoms with E-state index in [4.69, 9.17) is 10.5 Å². The minimum atomic E-state index is 0.448. The number of ether oxygens (including phenoxy) is 1. The normalized spacial score (nSPS) is 28.3. The summed E-state index contributed by atoms with van der Waals surface area (Å²) in [5.41, 5.74) is 5.96. The highest BCUT2D eigenvalue weighted by molar-refractivity contribution is 4.83. The van der Waals surface area contributed by atoms with E-state index >= 15 is 0 Å². The SMILES string of the molecule is CCN(C(C)CCOC)C1CCC(N)CC1. The molecule has 0 saturated heterocycles. The molecule has 1 aliphatic rings. The molecule has 0 aromatic rings. The van der Waals surface area contributed by atoms with Gasteiger partial charge in [-0.15, -0.1) is 0 Å². The molecule has 3 heteroatoms. The predicted molar refractivity (Wildman–Crippen MR) is 68.6 cm³/mol.